The lowest BCUT2D eigenvalue weighted by atomic mass is 9.92. The quantitative estimate of drug-likeness (QED) is 0.218. The summed E-state index contributed by atoms with van der Waals surface area (Å²) >= 11 is 0. The minimum Gasteiger partial charge on any atom is -0.463 e. The highest BCUT2D eigenvalue weighted by molar-refractivity contribution is 5.83. The van der Waals surface area contributed by atoms with Crippen molar-refractivity contribution >= 4 is 11.9 Å². The van der Waals surface area contributed by atoms with E-state index in [9.17, 15) is 22.8 Å². The highest BCUT2D eigenvalue weighted by Crippen LogP contribution is 2.43. The van der Waals surface area contributed by atoms with Crippen molar-refractivity contribution in [2.75, 3.05) is 13.7 Å². The van der Waals surface area contributed by atoms with Gasteiger partial charge in [-0.1, -0.05) is 48.6 Å². The van der Waals surface area contributed by atoms with E-state index in [-0.39, 0.29) is 5.56 Å². The maximum absolute atomic E-state index is 13.8. The average molecular weight is 428 g/mol. The molecule has 1 rings (SSSR count). The van der Waals surface area contributed by atoms with E-state index in [1.165, 1.54) is 43.3 Å². The first-order valence-electron chi connectivity index (χ1n) is 9.57. The van der Waals surface area contributed by atoms with Crippen molar-refractivity contribution < 1.29 is 37.0 Å². The fraction of sp³-hybridized carbons (Fsp3) is 0.455. The molecule has 0 unspecified atom stereocenters. The molecule has 0 aliphatic heterocycles. The molecule has 30 heavy (non-hydrogen) atoms. The summed E-state index contributed by atoms with van der Waals surface area (Å²) in [4.78, 5) is 23.6. The van der Waals surface area contributed by atoms with Crippen LogP contribution in [0.4, 0.5) is 13.2 Å². The number of hydrogen-bond donors (Lipinski definition) is 0. The van der Waals surface area contributed by atoms with Crippen LogP contribution in [-0.2, 0) is 29.4 Å². The molecule has 0 aliphatic rings. The van der Waals surface area contributed by atoms with Gasteiger partial charge in [-0.15, -0.1) is 0 Å². The van der Waals surface area contributed by atoms with Crippen LogP contribution in [0.15, 0.2) is 54.6 Å². The average Bonchev–Trinajstić information content (AvgIpc) is 2.68. The van der Waals surface area contributed by atoms with Gasteiger partial charge in [0.25, 0.3) is 5.60 Å². The first-order chi connectivity index (χ1) is 14.2. The Balaban J connectivity index is 2.65. The number of esters is 2. The molecular weight excluding hydrogens is 401 g/mol. The van der Waals surface area contributed by atoms with E-state index in [2.05, 4.69) is 0 Å². The smallest absolute Gasteiger partial charge is 0.432 e. The van der Waals surface area contributed by atoms with Crippen LogP contribution in [0.25, 0.3) is 0 Å². The van der Waals surface area contributed by atoms with Gasteiger partial charge in [0.15, 0.2) is 0 Å². The molecule has 0 aromatic heterocycles. The van der Waals surface area contributed by atoms with Crippen molar-refractivity contribution in [3.8, 4) is 0 Å². The van der Waals surface area contributed by atoms with Crippen molar-refractivity contribution in [2.24, 2.45) is 0 Å². The van der Waals surface area contributed by atoms with Gasteiger partial charge in [-0.25, -0.2) is 9.59 Å². The van der Waals surface area contributed by atoms with Crippen LogP contribution in [0.3, 0.4) is 0 Å². The predicted octanol–water partition coefficient (Wildman–Crippen LogP) is 4.87. The van der Waals surface area contributed by atoms with Gasteiger partial charge < -0.3 is 14.2 Å². The molecule has 8 heteroatoms. The van der Waals surface area contributed by atoms with E-state index < -0.39 is 29.8 Å². The maximum atomic E-state index is 13.8. The number of ether oxygens (including phenoxy) is 3. The van der Waals surface area contributed by atoms with Crippen molar-refractivity contribution in [1.82, 2.24) is 0 Å². The largest absolute Gasteiger partial charge is 0.463 e. The topological polar surface area (TPSA) is 61.8 Å². The molecule has 0 amide bonds. The van der Waals surface area contributed by atoms with Crippen LogP contribution in [0, 0.1) is 0 Å². The molecule has 0 fully saturated rings. The zero-order valence-electron chi connectivity index (χ0n) is 17.3. The minimum absolute atomic E-state index is 0.298. The summed E-state index contributed by atoms with van der Waals surface area (Å²) in [5.74, 6) is -1.93. The van der Waals surface area contributed by atoms with E-state index in [0.29, 0.717) is 25.9 Å². The predicted molar refractivity (Wildman–Crippen MR) is 106 cm³/mol. The Labute approximate surface area is 174 Å². The molecule has 166 valence electrons. The Morgan fingerprint density at radius 1 is 1.13 bits per heavy atom. The molecule has 1 aromatic rings. The van der Waals surface area contributed by atoms with Crippen LogP contribution in [0.5, 0.6) is 0 Å². The minimum atomic E-state index is -4.99. The Morgan fingerprint density at radius 2 is 1.80 bits per heavy atom. The van der Waals surface area contributed by atoms with Gasteiger partial charge in [0.05, 0.1) is 12.7 Å². The van der Waals surface area contributed by atoms with Crippen LogP contribution in [0.2, 0.25) is 0 Å². The second-order valence-corrected chi connectivity index (χ2v) is 6.44. The van der Waals surface area contributed by atoms with Crippen LogP contribution in [-0.4, -0.2) is 37.9 Å². The Hall–Kier alpha value is -2.61. The van der Waals surface area contributed by atoms with E-state index >= 15 is 0 Å². The fourth-order valence-electron chi connectivity index (χ4n) is 2.73. The number of rotatable bonds is 11. The Kier molecular flexibility index (Phi) is 10.3. The summed E-state index contributed by atoms with van der Waals surface area (Å²) in [6, 6.07) is 6.70. The number of halogens is 3. The van der Waals surface area contributed by atoms with Crippen molar-refractivity contribution in [2.45, 2.75) is 51.0 Å². The number of allylic oxidation sites excluding steroid dienone is 3. The highest BCUT2D eigenvalue weighted by Gasteiger charge is 2.64. The lowest BCUT2D eigenvalue weighted by Gasteiger charge is -2.33. The molecule has 0 radical (unpaired) electrons. The number of alkyl halides is 3. The third-order valence-corrected chi connectivity index (χ3v) is 4.23. The zero-order chi connectivity index (χ0) is 22.6. The summed E-state index contributed by atoms with van der Waals surface area (Å²) in [6.45, 7) is 3.54. The highest BCUT2D eigenvalue weighted by atomic mass is 19.4. The molecule has 0 bridgehead atoms. The van der Waals surface area contributed by atoms with Gasteiger partial charge in [0.1, 0.15) is 0 Å². The number of carbonyl (C=O) groups is 2. The number of unbranched alkanes of at least 4 members (excludes halogenated alkanes) is 1. The van der Waals surface area contributed by atoms with Crippen molar-refractivity contribution in [3.05, 3.63) is 60.2 Å². The molecule has 0 aliphatic carbocycles. The van der Waals surface area contributed by atoms with Gasteiger partial charge in [0.2, 0.25) is 0 Å². The number of carbonyl (C=O) groups excluding carboxylic acids is 2. The van der Waals surface area contributed by atoms with Gasteiger partial charge in [-0.2, -0.15) is 13.2 Å². The van der Waals surface area contributed by atoms with Gasteiger partial charge >= 0.3 is 18.1 Å². The summed E-state index contributed by atoms with van der Waals surface area (Å²) in [5.41, 5.74) is -3.52. The third-order valence-electron chi connectivity index (χ3n) is 4.23. The molecular formula is C22H27F3O5. The monoisotopic (exact) mass is 428 g/mol. The van der Waals surface area contributed by atoms with Crippen LogP contribution >= 0.6 is 0 Å². The van der Waals surface area contributed by atoms with Crippen LogP contribution < -0.4 is 0 Å². The van der Waals surface area contributed by atoms with Crippen molar-refractivity contribution in [3.63, 3.8) is 0 Å². The molecule has 5 nitrogen and oxygen atoms in total. The summed E-state index contributed by atoms with van der Waals surface area (Å²) < 4.78 is 56.0. The maximum Gasteiger partial charge on any atom is 0.432 e. The molecule has 0 saturated heterocycles. The molecule has 2 atom stereocenters. The number of methoxy groups -OCH3 is 1. The molecule has 0 spiro atoms. The summed E-state index contributed by atoms with van der Waals surface area (Å²) in [7, 11) is 0.834. The van der Waals surface area contributed by atoms with E-state index in [0.717, 1.165) is 7.11 Å². The molecule has 0 heterocycles. The lowest BCUT2D eigenvalue weighted by molar-refractivity contribution is -0.278. The van der Waals surface area contributed by atoms with Crippen molar-refractivity contribution in [1.29, 1.82) is 0 Å². The summed E-state index contributed by atoms with van der Waals surface area (Å²) in [6.07, 6.45) is 2.11. The lowest BCUT2D eigenvalue weighted by Crippen LogP contribution is -2.52. The number of hydrogen-bond acceptors (Lipinski definition) is 5. The zero-order valence-corrected chi connectivity index (χ0v) is 17.3. The van der Waals surface area contributed by atoms with E-state index in [4.69, 9.17) is 14.2 Å². The first-order valence-corrected chi connectivity index (χ1v) is 9.57. The third kappa shape index (κ3) is 7.02. The first kappa shape index (κ1) is 25.4. The standard InChI is InChI=1S/C22H27F3O5/c1-4-29-19(26)16-12-7-5-6-9-13-17(2)30-20(27)21(28-3,22(23,24)25)18-14-10-8-11-15-18/h5,7-8,10-12,14-17H,4,6,9,13H2,1-3H3/b7-5+,16-12-/t17-,21-/m1/s1. The molecule has 0 saturated carbocycles. The van der Waals surface area contributed by atoms with E-state index in [1.54, 1.807) is 25.1 Å². The fourth-order valence-corrected chi connectivity index (χ4v) is 2.73. The Morgan fingerprint density at radius 3 is 2.37 bits per heavy atom. The second kappa shape index (κ2) is 12.2. The number of benzene rings is 1. The molecule has 1 aromatic carbocycles. The van der Waals surface area contributed by atoms with Gasteiger partial charge in [-0.05, 0) is 33.1 Å². The van der Waals surface area contributed by atoms with Gasteiger partial charge in [-0.3, -0.25) is 0 Å². The van der Waals surface area contributed by atoms with Crippen LogP contribution in [0.1, 0.15) is 38.7 Å². The SMILES string of the molecule is CCOC(=O)/C=C\C=C\CCC[C@@H](C)OC(=O)[C@](OC)(c1ccccc1)C(F)(F)F. The van der Waals surface area contributed by atoms with Gasteiger partial charge in [0, 0.05) is 18.7 Å². The normalized spacial score (nSPS) is 15.1. The Bertz CT molecular complexity index is 728. The van der Waals surface area contributed by atoms with E-state index in [1.807, 2.05) is 0 Å². The molecule has 0 N–H and O–H groups in total. The summed E-state index contributed by atoms with van der Waals surface area (Å²) in [5, 5.41) is 0. The second-order valence-electron chi connectivity index (χ2n) is 6.44.